The van der Waals surface area contributed by atoms with Crippen molar-refractivity contribution in [2.45, 2.75) is 40.0 Å². The molecule has 0 aliphatic carbocycles. The number of hydrogen-bond acceptors (Lipinski definition) is 3. The molecule has 1 aliphatic heterocycles. The van der Waals surface area contributed by atoms with E-state index < -0.39 is 5.41 Å². The first-order valence-corrected chi connectivity index (χ1v) is 9.19. The van der Waals surface area contributed by atoms with Crippen molar-refractivity contribution in [3.05, 3.63) is 30.3 Å². The minimum atomic E-state index is -0.463. The molecule has 2 N–H and O–H groups in total. The van der Waals surface area contributed by atoms with E-state index in [1.807, 2.05) is 51.1 Å². The summed E-state index contributed by atoms with van der Waals surface area (Å²) in [6.45, 7) is 6.94. The fraction of sp³-hybridized carbons (Fsp3) is 0.550. The third-order valence-corrected chi connectivity index (χ3v) is 4.49. The number of rotatable bonds is 5. The zero-order chi connectivity index (χ0) is 19.2. The van der Waals surface area contributed by atoms with E-state index in [1.165, 1.54) is 0 Å². The molecule has 0 saturated carbocycles. The van der Waals surface area contributed by atoms with E-state index in [9.17, 15) is 14.4 Å². The molecule has 1 aromatic rings. The minimum absolute atomic E-state index is 0.0172. The number of piperidine rings is 1. The van der Waals surface area contributed by atoms with Crippen molar-refractivity contribution < 1.29 is 14.4 Å². The molecule has 1 aliphatic rings. The van der Waals surface area contributed by atoms with Gasteiger partial charge in [-0.05, 0) is 25.0 Å². The molecule has 1 heterocycles. The zero-order valence-electron chi connectivity index (χ0n) is 15.9. The standard InChI is InChI=1S/C20H29N3O3/c1-20(2,3)19(26)21-12-11-17(24)23-13-7-8-15(14-23)18(25)22-16-9-5-4-6-10-16/h4-6,9-10,15H,7-8,11-14H2,1-3H3,(H,21,26)(H,22,25). The second-order valence-corrected chi connectivity index (χ2v) is 7.79. The number of amides is 3. The van der Waals surface area contributed by atoms with Crippen molar-refractivity contribution in [3.63, 3.8) is 0 Å². The number of hydrogen-bond donors (Lipinski definition) is 2. The lowest BCUT2D eigenvalue weighted by molar-refractivity contribution is -0.134. The molecule has 0 spiro atoms. The number of para-hydroxylation sites is 1. The maximum absolute atomic E-state index is 12.4. The maximum atomic E-state index is 12.4. The van der Waals surface area contributed by atoms with Gasteiger partial charge in [-0.1, -0.05) is 39.0 Å². The number of nitrogens with one attached hydrogen (secondary N) is 2. The lowest BCUT2D eigenvalue weighted by atomic mass is 9.95. The van der Waals surface area contributed by atoms with E-state index >= 15 is 0 Å². The lowest BCUT2D eigenvalue weighted by Gasteiger charge is -2.32. The molecule has 6 nitrogen and oxygen atoms in total. The summed E-state index contributed by atoms with van der Waals surface area (Å²) < 4.78 is 0. The molecule has 2 rings (SSSR count). The van der Waals surface area contributed by atoms with Gasteiger partial charge in [0.2, 0.25) is 17.7 Å². The van der Waals surface area contributed by atoms with Crippen LogP contribution >= 0.6 is 0 Å². The highest BCUT2D eigenvalue weighted by Gasteiger charge is 2.28. The highest BCUT2D eigenvalue weighted by molar-refractivity contribution is 5.93. The van der Waals surface area contributed by atoms with Gasteiger partial charge in [0.1, 0.15) is 0 Å². The van der Waals surface area contributed by atoms with Crippen molar-refractivity contribution in [2.24, 2.45) is 11.3 Å². The van der Waals surface area contributed by atoms with Gasteiger partial charge in [-0.15, -0.1) is 0 Å². The normalized spacial score (nSPS) is 17.5. The third kappa shape index (κ3) is 5.86. The van der Waals surface area contributed by atoms with Crippen LogP contribution in [0.25, 0.3) is 0 Å². The van der Waals surface area contributed by atoms with Crippen LogP contribution in [0.1, 0.15) is 40.0 Å². The van der Waals surface area contributed by atoms with Gasteiger partial charge >= 0.3 is 0 Å². The molecule has 0 aromatic heterocycles. The molecular formula is C20H29N3O3. The van der Waals surface area contributed by atoms with Gasteiger partial charge in [0.15, 0.2) is 0 Å². The molecule has 142 valence electrons. The zero-order valence-corrected chi connectivity index (χ0v) is 15.9. The average molecular weight is 359 g/mol. The molecule has 3 amide bonds. The number of nitrogens with zero attached hydrogens (tertiary/aromatic N) is 1. The van der Waals surface area contributed by atoms with Crippen molar-refractivity contribution in [2.75, 3.05) is 25.0 Å². The molecule has 6 heteroatoms. The Morgan fingerprint density at radius 2 is 1.85 bits per heavy atom. The molecule has 1 unspecified atom stereocenters. The molecular weight excluding hydrogens is 330 g/mol. The van der Waals surface area contributed by atoms with Crippen LogP contribution in [0.5, 0.6) is 0 Å². The van der Waals surface area contributed by atoms with Gasteiger partial charge in [-0.25, -0.2) is 0 Å². The first-order valence-electron chi connectivity index (χ1n) is 9.19. The van der Waals surface area contributed by atoms with Gasteiger partial charge in [0.05, 0.1) is 5.92 Å². The highest BCUT2D eigenvalue weighted by Crippen LogP contribution is 2.19. The van der Waals surface area contributed by atoms with E-state index in [0.29, 0.717) is 19.6 Å². The Bertz CT molecular complexity index is 637. The van der Waals surface area contributed by atoms with E-state index in [-0.39, 0.29) is 30.1 Å². The van der Waals surface area contributed by atoms with Crippen LogP contribution in [-0.2, 0) is 14.4 Å². The fourth-order valence-electron chi connectivity index (χ4n) is 2.89. The van der Waals surface area contributed by atoms with Crippen molar-refractivity contribution in [1.82, 2.24) is 10.2 Å². The summed E-state index contributed by atoms with van der Waals surface area (Å²) >= 11 is 0. The largest absolute Gasteiger partial charge is 0.355 e. The maximum Gasteiger partial charge on any atom is 0.229 e. The Kier molecular flexibility index (Phi) is 6.77. The summed E-state index contributed by atoms with van der Waals surface area (Å²) in [6, 6.07) is 9.34. The summed E-state index contributed by atoms with van der Waals surface area (Å²) in [4.78, 5) is 38.4. The van der Waals surface area contributed by atoms with Crippen molar-refractivity contribution >= 4 is 23.4 Å². The predicted octanol–water partition coefficient (Wildman–Crippen LogP) is 2.42. The van der Waals surface area contributed by atoms with E-state index in [0.717, 1.165) is 18.5 Å². The second-order valence-electron chi connectivity index (χ2n) is 7.79. The SMILES string of the molecule is CC(C)(C)C(=O)NCCC(=O)N1CCCC(C(=O)Nc2ccccc2)C1. The minimum Gasteiger partial charge on any atom is -0.355 e. The summed E-state index contributed by atoms with van der Waals surface area (Å²) in [5.74, 6) is -0.327. The summed E-state index contributed by atoms with van der Waals surface area (Å²) in [5, 5.41) is 5.71. The van der Waals surface area contributed by atoms with Crippen molar-refractivity contribution in [1.29, 1.82) is 0 Å². The topological polar surface area (TPSA) is 78.5 Å². The molecule has 1 atom stereocenters. The van der Waals surface area contributed by atoms with Crippen LogP contribution < -0.4 is 10.6 Å². The Morgan fingerprint density at radius 1 is 1.15 bits per heavy atom. The molecule has 1 aromatic carbocycles. The first-order chi connectivity index (χ1) is 12.3. The number of likely N-dealkylation sites (tertiary alicyclic amines) is 1. The van der Waals surface area contributed by atoms with Gasteiger partial charge in [0, 0.05) is 37.2 Å². The van der Waals surface area contributed by atoms with Crippen LogP contribution in [-0.4, -0.2) is 42.3 Å². The van der Waals surface area contributed by atoms with Crippen LogP contribution in [0.15, 0.2) is 30.3 Å². The van der Waals surface area contributed by atoms with Crippen LogP contribution in [0.4, 0.5) is 5.69 Å². The monoisotopic (exact) mass is 359 g/mol. The van der Waals surface area contributed by atoms with E-state index in [2.05, 4.69) is 10.6 Å². The highest BCUT2D eigenvalue weighted by atomic mass is 16.2. The fourth-order valence-corrected chi connectivity index (χ4v) is 2.89. The number of carbonyl (C=O) groups is 3. The van der Waals surface area contributed by atoms with E-state index in [4.69, 9.17) is 0 Å². The number of anilines is 1. The number of carbonyl (C=O) groups excluding carboxylic acids is 3. The lowest BCUT2D eigenvalue weighted by Crippen LogP contribution is -2.45. The van der Waals surface area contributed by atoms with Crippen LogP contribution in [0.2, 0.25) is 0 Å². The summed E-state index contributed by atoms with van der Waals surface area (Å²) in [7, 11) is 0. The molecule has 26 heavy (non-hydrogen) atoms. The smallest absolute Gasteiger partial charge is 0.229 e. The first kappa shape index (κ1) is 19.9. The summed E-state index contributed by atoms with van der Waals surface area (Å²) in [5.41, 5.74) is 0.306. The molecule has 1 fully saturated rings. The molecule has 0 radical (unpaired) electrons. The second kappa shape index (κ2) is 8.83. The van der Waals surface area contributed by atoms with Crippen LogP contribution in [0.3, 0.4) is 0 Å². The quantitative estimate of drug-likeness (QED) is 0.847. The van der Waals surface area contributed by atoms with Gasteiger partial charge in [0.25, 0.3) is 0 Å². The van der Waals surface area contributed by atoms with Crippen LogP contribution in [0, 0.1) is 11.3 Å². The Hall–Kier alpha value is -2.37. The molecule has 0 bridgehead atoms. The van der Waals surface area contributed by atoms with Gasteiger partial charge in [-0.2, -0.15) is 0 Å². The Labute approximate surface area is 155 Å². The van der Waals surface area contributed by atoms with Gasteiger partial charge in [-0.3, -0.25) is 14.4 Å². The molecule has 1 saturated heterocycles. The predicted molar refractivity (Wildman–Crippen MR) is 101 cm³/mol. The Balaban J connectivity index is 1.80. The Morgan fingerprint density at radius 3 is 2.50 bits per heavy atom. The van der Waals surface area contributed by atoms with E-state index in [1.54, 1.807) is 4.90 Å². The average Bonchev–Trinajstić information content (AvgIpc) is 2.61. The van der Waals surface area contributed by atoms with Crippen molar-refractivity contribution in [3.8, 4) is 0 Å². The third-order valence-electron chi connectivity index (χ3n) is 4.49. The number of benzene rings is 1. The summed E-state index contributed by atoms with van der Waals surface area (Å²) in [6.07, 6.45) is 1.85. The van der Waals surface area contributed by atoms with Gasteiger partial charge < -0.3 is 15.5 Å².